The van der Waals surface area contributed by atoms with Crippen molar-refractivity contribution in [1.29, 1.82) is 0 Å². The molecule has 1 N–H and O–H groups in total. The minimum absolute atomic E-state index is 0.139. The van der Waals surface area contributed by atoms with Crippen LogP contribution in [0.3, 0.4) is 0 Å². The Morgan fingerprint density at radius 2 is 1.83 bits per heavy atom. The number of halogens is 1. The first-order valence-electron chi connectivity index (χ1n) is 11.9. The molecule has 3 heterocycles. The molecule has 2 aromatic carbocycles. The maximum Gasteiger partial charge on any atom is 0.251 e. The number of nitrogens with one attached hydrogen (secondary N) is 1. The molecule has 1 saturated heterocycles. The van der Waals surface area contributed by atoms with E-state index in [0.717, 1.165) is 40.9 Å². The van der Waals surface area contributed by atoms with Gasteiger partial charge in [0.15, 0.2) is 0 Å². The van der Waals surface area contributed by atoms with Gasteiger partial charge in [-0.25, -0.2) is 4.39 Å². The predicted octanol–water partition coefficient (Wildman–Crippen LogP) is 4.28. The Labute approximate surface area is 208 Å². The molecule has 0 unspecified atom stereocenters. The zero-order valence-corrected chi connectivity index (χ0v) is 19.9. The van der Waals surface area contributed by atoms with Gasteiger partial charge >= 0.3 is 0 Å². The molecule has 36 heavy (non-hydrogen) atoms. The molecular formula is C28H26FN5O2. The molecule has 0 bridgehead atoms. The van der Waals surface area contributed by atoms with Crippen LogP contribution in [-0.4, -0.2) is 45.1 Å². The van der Waals surface area contributed by atoms with Crippen molar-refractivity contribution in [2.45, 2.75) is 25.9 Å². The third-order valence-corrected chi connectivity index (χ3v) is 6.40. The van der Waals surface area contributed by atoms with Crippen molar-refractivity contribution in [3.63, 3.8) is 0 Å². The summed E-state index contributed by atoms with van der Waals surface area (Å²) in [6.07, 6.45) is 5.07. The summed E-state index contributed by atoms with van der Waals surface area (Å²) < 4.78 is 15.3. The molecule has 7 nitrogen and oxygen atoms in total. The molecule has 2 amide bonds. The van der Waals surface area contributed by atoms with Crippen LogP contribution in [0, 0.1) is 5.82 Å². The average Bonchev–Trinajstić information content (AvgIpc) is 3.53. The van der Waals surface area contributed by atoms with Crippen LogP contribution < -0.4 is 5.32 Å². The fraction of sp³-hybridized carbons (Fsp3) is 0.214. The van der Waals surface area contributed by atoms with Gasteiger partial charge in [0, 0.05) is 55.6 Å². The fourth-order valence-corrected chi connectivity index (χ4v) is 4.49. The second-order valence-corrected chi connectivity index (χ2v) is 8.79. The molecule has 8 heteroatoms. The molecule has 1 aliphatic heterocycles. The lowest BCUT2D eigenvalue weighted by molar-refractivity contribution is -0.128. The van der Waals surface area contributed by atoms with Crippen LogP contribution in [0.25, 0.3) is 22.5 Å². The third kappa shape index (κ3) is 4.88. The van der Waals surface area contributed by atoms with Crippen molar-refractivity contribution in [1.82, 2.24) is 25.0 Å². The summed E-state index contributed by atoms with van der Waals surface area (Å²) in [5.74, 6) is -0.313. The van der Waals surface area contributed by atoms with E-state index in [0.29, 0.717) is 30.8 Å². The van der Waals surface area contributed by atoms with Gasteiger partial charge in [-0.05, 0) is 60.0 Å². The molecule has 0 aliphatic carbocycles. The van der Waals surface area contributed by atoms with Gasteiger partial charge in [-0.2, -0.15) is 5.10 Å². The number of hydrogen-bond acceptors (Lipinski definition) is 4. The Kier molecular flexibility index (Phi) is 6.58. The minimum atomic E-state index is -0.307. The fourth-order valence-electron chi connectivity index (χ4n) is 4.49. The summed E-state index contributed by atoms with van der Waals surface area (Å²) >= 11 is 0. The smallest absolute Gasteiger partial charge is 0.251 e. The van der Waals surface area contributed by atoms with Crippen molar-refractivity contribution in [2.24, 2.45) is 0 Å². The van der Waals surface area contributed by atoms with Crippen LogP contribution in [-0.2, 0) is 17.9 Å². The monoisotopic (exact) mass is 483 g/mol. The molecule has 0 atom stereocenters. The van der Waals surface area contributed by atoms with Crippen LogP contribution in [0.15, 0.2) is 73.1 Å². The SMILES string of the molecule is CNC(=O)c1ccccc1Cn1ccc(-c2cc(-c3ccc(F)cc3)ncc2CN2CCCC2=O)n1. The van der Waals surface area contributed by atoms with E-state index in [4.69, 9.17) is 5.10 Å². The highest BCUT2D eigenvalue weighted by Gasteiger charge is 2.22. The lowest BCUT2D eigenvalue weighted by Crippen LogP contribution is -2.24. The van der Waals surface area contributed by atoms with Crippen LogP contribution >= 0.6 is 0 Å². The number of pyridine rings is 1. The van der Waals surface area contributed by atoms with Crippen molar-refractivity contribution >= 4 is 11.8 Å². The average molecular weight is 484 g/mol. The summed E-state index contributed by atoms with van der Waals surface area (Å²) in [5.41, 5.74) is 5.44. The topological polar surface area (TPSA) is 80.1 Å². The van der Waals surface area contributed by atoms with E-state index in [2.05, 4.69) is 10.3 Å². The standard InChI is InChI=1S/C28H26FN5O2/c1-30-28(36)23-6-3-2-5-20(23)18-34-14-12-25(32-34)24-15-26(19-8-10-22(29)11-9-19)31-16-21(24)17-33-13-4-7-27(33)35/h2-3,5-6,8-12,14-16H,4,7,13,17-18H2,1H3,(H,30,36). The number of rotatable bonds is 7. The normalized spacial score (nSPS) is 13.3. The lowest BCUT2D eigenvalue weighted by Gasteiger charge is -2.18. The summed E-state index contributed by atoms with van der Waals surface area (Å²) in [7, 11) is 1.61. The van der Waals surface area contributed by atoms with Gasteiger partial charge in [0.1, 0.15) is 5.82 Å². The first kappa shape index (κ1) is 23.4. The van der Waals surface area contributed by atoms with Gasteiger partial charge in [-0.3, -0.25) is 19.3 Å². The number of benzene rings is 2. The first-order valence-corrected chi connectivity index (χ1v) is 11.9. The Balaban J connectivity index is 1.50. The summed E-state index contributed by atoms with van der Waals surface area (Å²) in [4.78, 5) is 31.0. The molecule has 5 rings (SSSR count). The number of amides is 2. The van der Waals surface area contributed by atoms with Gasteiger partial charge in [0.05, 0.1) is 17.9 Å². The Morgan fingerprint density at radius 3 is 2.58 bits per heavy atom. The maximum absolute atomic E-state index is 13.5. The van der Waals surface area contributed by atoms with Crippen molar-refractivity contribution < 1.29 is 14.0 Å². The Bertz CT molecular complexity index is 1410. The molecular weight excluding hydrogens is 457 g/mol. The van der Waals surface area contributed by atoms with E-state index in [9.17, 15) is 14.0 Å². The van der Waals surface area contributed by atoms with Crippen LogP contribution in [0.4, 0.5) is 4.39 Å². The van der Waals surface area contributed by atoms with E-state index < -0.39 is 0 Å². The Hall–Kier alpha value is -4.33. The molecule has 1 aliphatic rings. The minimum Gasteiger partial charge on any atom is -0.355 e. The van der Waals surface area contributed by atoms with Gasteiger partial charge in [0.2, 0.25) is 5.91 Å². The van der Waals surface area contributed by atoms with Crippen LogP contribution in [0.5, 0.6) is 0 Å². The number of carbonyl (C=O) groups excluding carboxylic acids is 2. The summed E-state index contributed by atoms with van der Waals surface area (Å²) in [5, 5.41) is 7.48. The Morgan fingerprint density at radius 1 is 1.03 bits per heavy atom. The number of likely N-dealkylation sites (tertiary alicyclic amines) is 1. The van der Waals surface area contributed by atoms with E-state index in [-0.39, 0.29) is 17.6 Å². The van der Waals surface area contributed by atoms with Crippen molar-refractivity contribution in [3.05, 3.63) is 95.6 Å². The quantitative estimate of drug-likeness (QED) is 0.426. The number of aromatic nitrogens is 3. The second kappa shape index (κ2) is 10.1. The highest BCUT2D eigenvalue weighted by Crippen LogP contribution is 2.29. The highest BCUT2D eigenvalue weighted by molar-refractivity contribution is 5.95. The predicted molar refractivity (Wildman–Crippen MR) is 134 cm³/mol. The van der Waals surface area contributed by atoms with Crippen molar-refractivity contribution in [2.75, 3.05) is 13.6 Å². The zero-order chi connectivity index (χ0) is 25.1. The first-order chi connectivity index (χ1) is 17.5. The number of carbonyl (C=O) groups is 2. The zero-order valence-electron chi connectivity index (χ0n) is 19.9. The second-order valence-electron chi connectivity index (χ2n) is 8.79. The van der Waals surface area contributed by atoms with Gasteiger partial charge in [-0.15, -0.1) is 0 Å². The third-order valence-electron chi connectivity index (χ3n) is 6.40. The highest BCUT2D eigenvalue weighted by atomic mass is 19.1. The number of nitrogens with zero attached hydrogens (tertiary/aromatic N) is 4. The molecule has 0 radical (unpaired) electrons. The van der Waals surface area contributed by atoms with Gasteiger partial charge in [-0.1, -0.05) is 18.2 Å². The molecule has 1 fully saturated rings. The maximum atomic E-state index is 13.5. The molecule has 0 saturated carbocycles. The van der Waals surface area contributed by atoms with Gasteiger partial charge in [0.25, 0.3) is 5.91 Å². The number of hydrogen-bond donors (Lipinski definition) is 1. The van der Waals surface area contributed by atoms with E-state index in [1.165, 1.54) is 12.1 Å². The van der Waals surface area contributed by atoms with Crippen molar-refractivity contribution in [3.8, 4) is 22.5 Å². The summed E-state index contributed by atoms with van der Waals surface area (Å²) in [6.45, 7) is 1.61. The van der Waals surface area contributed by atoms with Crippen LogP contribution in [0.1, 0.15) is 34.3 Å². The lowest BCUT2D eigenvalue weighted by atomic mass is 10.0. The largest absolute Gasteiger partial charge is 0.355 e. The molecule has 182 valence electrons. The summed E-state index contributed by atoms with van der Waals surface area (Å²) in [6, 6.07) is 17.5. The van der Waals surface area contributed by atoms with E-state index in [1.54, 1.807) is 36.1 Å². The molecule has 2 aromatic heterocycles. The van der Waals surface area contributed by atoms with Crippen LogP contribution in [0.2, 0.25) is 0 Å². The van der Waals surface area contributed by atoms with E-state index >= 15 is 0 Å². The van der Waals surface area contributed by atoms with E-state index in [1.807, 2.05) is 41.4 Å². The van der Waals surface area contributed by atoms with Gasteiger partial charge < -0.3 is 10.2 Å². The molecule has 4 aromatic rings. The molecule has 0 spiro atoms.